The van der Waals surface area contributed by atoms with Crippen LogP contribution in [-0.4, -0.2) is 34.8 Å². The molecule has 3 atom stereocenters. The normalized spacial score (nSPS) is 44.8. The van der Waals surface area contributed by atoms with Gasteiger partial charge in [-0.2, -0.15) is 0 Å². The molecule has 1 aliphatic carbocycles. The van der Waals surface area contributed by atoms with Gasteiger partial charge >= 0.3 is 0 Å². The maximum absolute atomic E-state index is 9.33. The third kappa shape index (κ3) is 1.21. The van der Waals surface area contributed by atoms with E-state index in [1.165, 1.54) is 0 Å². The van der Waals surface area contributed by atoms with Crippen molar-refractivity contribution in [1.29, 1.82) is 0 Å². The van der Waals surface area contributed by atoms with Gasteiger partial charge < -0.3 is 15.1 Å². The van der Waals surface area contributed by atoms with Gasteiger partial charge in [0.15, 0.2) is 0 Å². The summed E-state index contributed by atoms with van der Waals surface area (Å²) >= 11 is 0. The van der Waals surface area contributed by atoms with Crippen molar-refractivity contribution < 1.29 is 15.1 Å². The molecule has 0 amide bonds. The summed E-state index contributed by atoms with van der Waals surface area (Å²) in [5, 5.41) is 21.2. The Morgan fingerprint density at radius 3 is 3.00 bits per heavy atom. The Bertz CT molecular complexity index is 204. The predicted molar refractivity (Wildman–Crippen MR) is 42.3 cm³/mol. The van der Waals surface area contributed by atoms with Crippen LogP contribution in [0.2, 0.25) is 0 Å². The minimum Gasteiger partial charge on any atom is -0.411 e. The number of hydrogen-bond acceptors (Lipinski definition) is 4. The molecule has 0 spiro atoms. The fourth-order valence-electron chi connectivity index (χ4n) is 2.08. The minimum absolute atomic E-state index is 0.0830. The molecule has 0 aromatic carbocycles. The Hall–Kier alpha value is -0.610. The number of aliphatic hydroxyl groups excluding tert-OH is 1. The molecule has 0 aromatic heterocycles. The van der Waals surface area contributed by atoms with Gasteiger partial charge in [0.1, 0.15) is 0 Å². The van der Waals surface area contributed by atoms with Crippen molar-refractivity contribution in [2.45, 2.75) is 31.5 Å². The lowest BCUT2D eigenvalue weighted by atomic mass is 9.84. The second-order valence-corrected chi connectivity index (χ2v) is 3.51. The average Bonchev–Trinajstić information content (AvgIpc) is 2.46. The summed E-state index contributed by atoms with van der Waals surface area (Å²) in [6, 6.07) is 0. The summed E-state index contributed by atoms with van der Waals surface area (Å²) in [5.74, 6) is 0.249. The number of nitrogens with zero attached hydrogens (tertiary/aromatic N) is 1. The first-order chi connectivity index (χ1) is 5.81. The van der Waals surface area contributed by atoms with Gasteiger partial charge in [-0.25, -0.2) is 0 Å². The van der Waals surface area contributed by atoms with E-state index in [0.29, 0.717) is 13.0 Å². The molecule has 2 rings (SSSR count). The van der Waals surface area contributed by atoms with Gasteiger partial charge in [0.25, 0.3) is 0 Å². The van der Waals surface area contributed by atoms with Crippen LogP contribution in [0.3, 0.4) is 0 Å². The van der Waals surface area contributed by atoms with E-state index in [1.54, 1.807) is 0 Å². The van der Waals surface area contributed by atoms with Crippen LogP contribution in [-0.2, 0) is 4.74 Å². The third-order valence-corrected chi connectivity index (χ3v) is 2.77. The lowest BCUT2D eigenvalue weighted by Gasteiger charge is -2.26. The molecule has 4 nitrogen and oxygen atoms in total. The lowest BCUT2D eigenvalue weighted by molar-refractivity contribution is 0.00736. The maximum atomic E-state index is 9.33. The largest absolute Gasteiger partial charge is 0.411 e. The van der Waals surface area contributed by atoms with E-state index in [2.05, 4.69) is 5.16 Å². The molecular weight excluding hydrogens is 158 g/mol. The van der Waals surface area contributed by atoms with E-state index in [1.807, 2.05) is 0 Å². The summed E-state index contributed by atoms with van der Waals surface area (Å²) in [7, 11) is 0. The van der Waals surface area contributed by atoms with Crippen molar-refractivity contribution in [2.24, 2.45) is 11.1 Å². The molecule has 1 aliphatic heterocycles. The second kappa shape index (κ2) is 3.03. The fraction of sp³-hybridized carbons (Fsp3) is 0.875. The van der Waals surface area contributed by atoms with Crippen molar-refractivity contribution in [3.05, 3.63) is 0 Å². The highest BCUT2D eigenvalue weighted by Crippen LogP contribution is 2.32. The molecule has 12 heavy (non-hydrogen) atoms. The highest BCUT2D eigenvalue weighted by atomic mass is 16.5. The standard InChI is InChI=1S/C8H13NO3/c10-5-1-2-6-7(9-11)4-12-8(6)3-5/h5-6,8,10-11H,1-4H2/b9-7-/t5-,6+,8+/m1/s1. The van der Waals surface area contributed by atoms with Crippen LogP contribution in [0, 0.1) is 5.92 Å². The molecular formula is C8H13NO3. The average molecular weight is 171 g/mol. The van der Waals surface area contributed by atoms with Gasteiger partial charge in [-0.15, -0.1) is 0 Å². The van der Waals surface area contributed by atoms with E-state index < -0.39 is 0 Å². The number of ether oxygens (including phenoxy) is 1. The van der Waals surface area contributed by atoms with Gasteiger partial charge in [-0.05, 0) is 12.8 Å². The van der Waals surface area contributed by atoms with Crippen molar-refractivity contribution in [1.82, 2.24) is 0 Å². The van der Waals surface area contributed by atoms with Gasteiger partial charge in [0.05, 0.1) is 24.5 Å². The molecule has 1 saturated carbocycles. The van der Waals surface area contributed by atoms with Crippen molar-refractivity contribution >= 4 is 5.71 Å². The second-order valence-electron chi connectivity index (χ2n) is 3.51. The van der Waals surface area contributed by atoms with E-state index >= 15 is 0 Å². The van der Waals surface area contributed by atoms with Crippen LogP contribution >= 0.6 is 0 Å². The zero-order valence-electron chi connectivity index (χ0n) is 6.81. The summed E-state index contributed by atoms with van der Waals surface area (Å²) in [5.41, 5.74) is 0.743. The summed E-state index contributed by atoms with van der Waals surface area (Å²) in [6.07, 6.45) is 2.21. The number of fused-ring (bicyclic) bond motifs is 1. The Morgan fingerprint density at radius 2 is 2.25 bits per heavy atom. The smallest absolute Gasteiger partial charge is 0.0889 e. The number of oxime groups is 1. The van der Waals surface area contributed by atoms with Crippen LogP contribution < -0.4 is 0 Å². The zero-order chi connectivity index (χ0) is 8.55. The number of rotatable bonds is 0. The van der Waals surface area contributed by atoms with Gasteiger partial charge in [0.2, 0.25) is 0 Å². The predicted octanol–water partition coefficient (Wildman–Crippen LogP) is 0.376. The molecule has 68 valence electrons. The van der Waals surface area contributed by atoms with Crippen LogP contribution in [0.5, 0.6) is 0 Å². The lowest BCUT2D eigenvalue weighted by Crippen LogP contribution is -2.31. The summed E-state index contributed by atoms with van der Waals surface area (Å²) < 4.78 is 5.38. The van der Waals surface area contributed by atoms with E-state index in [-0.39, 0.29) is 18.1 Å². The van der Waals surface area contributed by atoms with Crippen molar-refractivity contribution in [3.63, 3.8) is 0 Å². The zero-order valence-corrected chi connectivity index (χ0v) is 6.81. The topological polar surface area (TPSA) is 62.1 Å². The fourth-order valence-corrected chi connectivity index (χ4v) is 2.08. The Labute approximate surface area is 70.8 Å². The van der Waals surface area contributed by atoms with Crippen LogP contribution in [0.15, 0.2) is 5.16 Å². The SMILES string of the molecule is O/N=C1/CO[C@H]2C[C@H](O)CC[C@@H]12. The first-order valence-electron chi connectivity index (χ1n) is 4.31. The highest BCUT2D eigenvalue weighted by Gasteiger charge is 2.38. The molecule has 2 fully saturated rings. The van der Waals surface area contributed by atoms with E-state index in [4.69, 9.17) is 9.94 Å². The van der Waals surface area contributed by atoms with Crippen molar-refractivity contribution in [2.75, 3.05) is 6.61 Å². The summed E-state index contributed by atoms with van der Waals surface area (Å²) in [4.78, 5) is 0. The van der Waals surface area contributed by atoms with Gasteiger partial charge in [-0.1, -0.05) is 5.16 Å². The van der Waals surface area contributed by atoms with Gasteiger partial charge in [0, 0.05) is 12.3 Å². The molecule has 2 N–H and O–H groups in total. The molecule has 1 heterocycles. The molecule has 0 radical (unpaired) electrons. The molecule has 0 unspecified atom stereocenters. The summed E-state index contributed by atoms with van der Waals surface area (Å²) in [6.45, 7) is 0.429. The van der Waals surface area contributed by atoms with Crippen LogP contribution in [0.25, 0.3) is 0 Å². The number of aliphatic hydroxyl groups is 1. The monoisotopic (exact) mass is 171 g/mol. The Kier molecular flexibility index (Phi) is 2.02. The Balaban J connectivity index is 2.07. The highest BCUT2D eigenvalue weighted by molar-refractivity contribution is 5.89. The molecule has 0 bridgehead atoms. The Morgan fingerprint density at radius 1 is 1.42 bits per heavy atom. The van der Waals surface area contributed by atoms with Crippen LogP contribution in [0.1, 0.15) is 19.3 Å². The van der Waals surface area contributed by atoms with E-state index in [0.717, 1.165) is 18.6 Å². The van der Waals surface area contributed by atoms with E-state index in [9.17, 15) is 5.11 Å². The maximum Gasteiger partial charge on any atom is 0.0889 e. The van der Waals surface area contributed by atoms with Gasteiger partial charge in [-0.3, -0.25) is 0 Å². The minimum atomic E-state index is -0.232. The first-order valence-corrected chi connectivity index (χ1v) is 4.31. The quantitative estimate of drug-likeness (QED) is 0.409. The molecule has 4 heteroatoms. The molecule has 0 aromatic rings. The molecule has 2 aliphatic rings. The third-order valence-electron chi connectivity index (χ3n) is 2.77. The number of hydrogen-bond donors (Lipinski definition) is 2. The molecule has 1 saturated heterocycles. The van der Waals surface area contributed by atoms with Crippen molar-refractivity contribution in [3.8, 4) is 0 Å². The first kappa shape index (κ1) is 8.01. The van der Waals surface area contributed by atoms with Crippen LogP contribution in [0.4, 0.5) is 0 Å².